The van der Waals surface area contributed by atoms with Gasteiger partial charge in [0.25, 0.3) is 0 Å². The fourth-order valence-electron chi connectivity index (χ4n) is 1.70. The zero-order chi connectivity index (χ0) is 19.0. The zero-order valence-electron chi connectivity index (χ0n) is 14.9. The fraction of sp³-hybridized carbons (Fsp3) is 0.312. The van der Waals surface area contributed by atoms with Crippen LogP contribution in [0.2, 0.25) is 0 Å². The first-order valence-electron chi connectivity index (χ1n) is 7.30. The van der Waals surface area contributed by atoms with Crippen LogP contribution in [-0.4, -0.2) is 34.2 Å². The minimum Gasteiger partial charge on any atom is -0.726 e. The summed E-state index contributed by atoms with van der Waals surface area (Å²) in [4.78, 5) is 2.06. The summed E-state index contributed by atoms with van der Waals surface area (Å²) in [6.07, 6.45) is 0. The Hall–Kier alpha value is -2.36. The molecule has 0 N–H and O–H groups in total. The van der Waals surface area contributed by atoms with Gasteiger partial charge in [-0.05, 0) is 42.4 Å². The van der Waals surface area contributed by atoms with Gasteiger partial charge in [-0.15, -0.1) is 0 Å². The Morgan fingerprint density at radius 3 is 2.12 bits per heavy atom. The van der Waals surface area contributed by atoms with E-state index in [9.17, 15) is 13.0 Å². The third-order valence-corrected chi connectivity index (χ3v) is 3.70. The smallest absolute Gasteiger partial charge is 0.350 e. The number of aromatic nitrogens is 1. The third-order valence-electron chi connectivity index (χ3n) is 3.29. The highest BCUT2D eigenvalue weighted by Crippen LogP contribution is 2.19. The van der Waals surface area contributed by atoms with Gasteiger partial charge < -0.3 is 9.45 Å². The topological polar surface area (TPSA) is 98.3 Å². The molecule has 0 bridgehead atoms. The van der Waals surface area contributed by atoms with Crippen molar-refractivity contribution in [2.75, 3.05) is 26.1 Å². The minimum atomic E-state index is -4.41. The molecule has 1 heterocycles. The predicted octanol–water partition coefficient (Wildman–Crippen LogP) is 2.39. The van der Waals surface area contributed by atoms with Gasteiger partial charge in [0.1, 0.15) is 11.4 Å². The lowest BCUT2D eigenvalue weighted by molar-refractivity contribution is -0.664. The Kier molecular flexibility index (Phi) is 7.62. The van der Waals surface area contributed by atoms with Crippen LogP contribution in [0.25, 0.3) is 0 Å². The van der Waals surface area contributed by atoms with Crippen LogP contribution < -0.4 is 9.47 Å². The number of hydrogen-bond donors (Lipinski definition) is 0. The lowest BCUT2D eigenvalue weighted by Gasteiger charge is -2.11. The highest BCUT2D eigenvalue weighted by molar-refractivity contribution is 7.80. The molecule has 0 aliphatic heterocycles. The van der Waals surface area contributed by atoms with Gasteiger partial charge in [0.2, 0.25) is 10.4 Å². The quantitative estimate of drug-likeness (QED) is 0.358. The molecule has 0 unspecified atom stereocenters. The monoisotopic (exact) mass is 366 g/mol. The number of nitrogens with zero attached hydrogens (tertiary/aromatic N) is 4. The Bertz CT molecular complexity index is 819. The van der Waals surface area contributed by atoms with Crippen LogP contribution in [0.1, 0.15) is 5.69 Å². The first-order chi connectivity index (χ1) is 11.6. The summed E-state index contributed by atoms with van der Waals surface area (Å²) in [5.74, 6) is 0.844. The molecule has 1 aromatic heterocycles. The van der Waals surface area contributed by atoms with E-state index in [0.717, 1.165) is 30.0 Å². The normalized spacial score (nSPS) is 11.1. The molecule has 0 saturated carbocycles. The number of aryl methyl sites for hydroxylation is 1. The summed E-state index contributed by atoms with van der Waals surface area (Å²) < 4.78 is 33.0. The SMILES string of the molecule is COS(=O)(=O)[O-].Cc1cccc(N=Nc2ccc(N(C)C)cc2)[n+]1C. The lowest BCUT2D eigenvalue weighted by atomic mass is 10.3. The number of azo groups is 1. The van der Waals surface area contributed by atoms with Crippen LogP contribution in [0, 0.1) is 6.92 Å². The highest BCUT2D eigenvalue weighted by atomic mass is 32.3. The molecule has 0 amide bonds. The molecule has 2 rings (SSSR count). The molecule has 2 aromatic rings. The summed E-state index contributed by atoms with van der Waals surface area (Å²) in [6, 6.07) is 14.0. The van der Waals surface area contributed by atoms with E-state index in [1.165, 1.54) is 0 Å². The molecule has 1 aromatic carbocycles. The summed E-state index contributed by atoms with van der Waals surface area (Å²) in [7, 11) is 2.42. The summed E-state index contributed by atoms with van der Waals surface area (Å²) in [5.41, 5.74) is 3.16. The maximum absolute atomic E-state index is 9.22. The van der Waals surface area contributed by atoms with E-state index in [4.69, 9.17) is 0 Å². The van der Waals surface area contributed by atoms with Crippen LogP contribution in [0.3, 0.4) is 0 Å². The van der Waals surface area contributed by atoms with Crippen molar-refractivity contribution < 1.29 is 21.7 Å². The van der Waals surface area contributed by atoms with Crippen molar-refractivity contribution in [2.45, 2.75) is 6.92 Å². The second-order valence-electron chi connectivity index (χ2n) is 5.27. The fourth-order valence-corrected chi connectivity index (χ4v) is 1.70. The molecule has 0 aliphatic rings. The van der Waals surface area contributed by atoms with E-state index in [1.807, 2.05) is 75.1 Å². The van der Waals surface area contributed by atoms with Gasteiger partial charge in [0, 0.05) is 25.8 Å². The van der Waals surface area contributed by atoms with Gasteiger partial charge >= 0.3 is 5.82 Å². The summed E-state index contributed by atoms with van der Waals surface area (Å²) in [6.45, 7) is 2.05. The van der Waals surface area contributed by atoms with Crippen molar-refractivity contribution in [2.24, 2.45) is 17.3 Å². The Labute approximate surface area is 148 Å². The van der Waals surface area contributed by atoms with Crippen molar-refractivity contribution in [3.8, 4) is 0 Å². The van der Waals surface area contributed by atoms with E-state index < -0.39 is 10.4 Å². The lowest BCUT2D eigenvalue weighted by Crippen LogP contribution is -2.31. The number of benzene rings is 1. The van der Waals surface area contributed by atoms with Gasteiger partial charge in [-0.1, -0.05) is 6.07 Å². The van der Waals surface area contributed by atoms with Crippen molar-refractivity contribution in [3.05, 3.63) is 48.2 Å². The van der Waals surface area contributed by atoms with E-state index in [0.29, 0.717) is 0 Å². The first-order valence-corrected chi connectivity index (χ1v) is 8.63. The van der Waals surface area contributed by atoms with E-state index in [1.54, 1.807) is 0 Å². The van der Waals surface area contributed by atoms with E-state index >= 15 is 0 Å². The van der Waals surface area contributed by atoms with Crippen LogP contribution in [0.4, 0.5) is 17.2 Å². The van der Waals surface area contributed by atoms with Crippen LogP contribution in [0.15, 0.2) is 52.7 Å². The molecule has 0 spiro atoms. The number of hydrogen-bond acceptors (Lipinski definition) is 7. The van der Waals surface area contributed by atoms with Gasteiger partial charge in [0.15, 0.2) is 0 Å². The van der Waals surface area contributed by atoms with Crippen molar-refractivity contribution in [1.82, 2.24) is 0 Å². The largest absolute Gasteiger partial charge is 0.726 e. The van der Waals surface area contributed by atoms with E-state index in [2.05, 4.69) is 19.3 Å². The average molecular weight is 366 g/mol. The predicted molar refractivity (Wildman–Crippen MR) is 94.0 cm³/mol. The second-order valence-corrected chi connectivity index (χ2v) is 6.42. The van der Waals surface area contributed by atoms with Crippen LogP contribution >= 0.6 is 0 Å². The second kappa shape index (κ2) is 9.21. The average Bonchev–Trinajstić information content (AvgIpc) is 2.56. The molecule has 25 heavy (non-hydrogen) atoms. The molecule has 8 nitrogen and oxygen atoms in total. The van der Waals surface area contributed by atoms with Crippen LogP contribution in [0.5, 0.6) is 0 Å². The number of anilines is 1. The van der Waals surface area contributed by atoms with Crippen LogP contribution in [-0.2, 0) is 21.6 Å². The van der Waals surface area contributed by atoms with Gasteiger partial charge in [-0.2, -0.15) is 0 Å². The standard InChI is InChI=1S/C15H19N4.CH4O4S/c1-12-6-5-7-15(19(12)4)17-16-13-8-10-14(11-9-13)18(2)3;1-5-6(2,3)4/h5-11H,1-4H3;1H3,(H,2,3,4)/q+1;/p-1. The van der Waals surface area contributed by atoms with Gasteiger partial charge in [0.05, 0.1) is 19.3 Å². The van der Waals surface area contributed by atoms with Crippen molar-refractivity contribution >= 4 is 27.6 Å². The minimum absolute atomic E-state index is 0.808. The molecule has 9 heteroatoms. The number of rotatable bonds is 4. The molecule has 136 valence electrons. The maximum atomic E-state index is 9.22. The molecular formula is C16H22N4O4S. The molecule has 0 fully saturated rings. The van der Waals surface area contributed by atoms with Gasteiger partial charge in [-0.25, -0.2) is 13.0 Å². The number of pyridine rings is 1. The molecular weight excluding hydrogens is 344 g/mol. The molecule has 0 atom stereocenters. The molecule has 0 saturated heterocycles. The Morgan fingerprint density at radius 1 is 1.08 bits per heavy atom. The maximum Gasteiger partial charge on any atom is 0.350 e. The zero-order valence-corrected chi connectivity index (χ0v) is 15.7. The Balaban J connectivity index is 0.000000450. The Morgan fingerprint density at radius 2 is 1.64 bits per heavy atom. The van der Waals surface area contributed by atoms with Gasteiger partial charge in [-0.3, -0.25) is 4.18 Å². The summed E-state index contributed by atoms with van der Waals surface area (Å²) in [5, 5.41) is 8.55. The van der Waals surface area contributed by atoms with Crippen molar-refractivity contribution in [3.63, 3.8) is 0 Å². The summed E-state index contributed by atoms with van der Waals surface area (Å²) >= 11 is 0. The first kappa shape index (κ1) is 20.7. The molecule has 0 aliphatic carbocycles. The molecule has 0 radical (unpaired) electrons. The van der Waals surface area contributed by atoms with E-state index in [-0.39, 0.29) is 0 Å². The third kappa shape index (κ3) is 7.38. The highest BCUT2D eigenvalue weighted by Gasteiger charge is 2.07. The van der Waals surface area contributed by atoms with Crippen molar-refractivity contribution in [1.29, 1.82) is 0 Å².